The lowest BCUT2D eigenvalue weighted by molar-refractivity contribution is 0.0982. The maximum Gasteiger partial charge on any atom is 0.229 e. The van der Waals surface area contributed by atoms with Gasteiger partial charge < -0.3 is 25.2 Å². The molecule has 2 aliphatic rings. The number of fused-ring (bicyclic) bond motifs is 1. The molecule has 0 unspecified atom stereocenters. The molecule has 0 radical (unpaired) electrons. The van der Waals surface area contributed by atoms with Crippen LogP contribution < -0.4 is 25.0 Å². The molecule has 0 aliphatic carbocycles. The zero-order valence-corrected chi connectivity index (χ0v) is 28.0. The molecule has 242 valence electrons. The Hall–Kier alpha value is -3.97. The van der Waals surface area contributed by atoms with Crippen molar-refractivity contribution in [2.75, 3.05) is 76.0 Å². The average molecular weight is 641 g/mol. The Morgan fingerprint density at radius 2 is 1.78 bits per heavy atom. The van der Waals surface area contributed by atoms with Crippen LogP contribution in [-0.2, 0) is 6.42 Å². The van der Waals surface area contributed by atoms with E-state index < -0.39 is 0 Å². The van der Waals surface area contributed by atoms with E-state index in [1.54, 1.807) is 31.8 Å². The number of piperazine rings is 1. The summed E-state index contributed by atoms with van der Waals surface area (Å²) in [6, 6.07) is 8.97. The van der Waals surface area contributed by atoms with E-state index in [0.717, 1.165) is 58.1 Å². The first-order valence-electron chi connectivity index (χ1n) is 16.0. The Morgan fingerprint density at radius 3 is 2.50 bits per heavy atom. The van der Waals surface area contributed by atoms with E-state index in [-0.39, 0.29) is 0 Å². The summed E-state index contributed by atoms with van der Waals surface area (Å²) in [4.78, 5) is 27.1. The third-order valence-electron chi connectivity index (χ3n) is 8.98. The topological polar surface area (TPSA) is 107 Å². The predicted molar refractivity (Wildman–Crippen MR) is 190 cm³/mol. The zero-order chi connectivity index (χ0) is 32.0. The van der Waals surface area contributed by atoms with Crippen molar-refractivity contribution in [2.24, 2.45) is 0 Å². The summed E-state index contributed by atoms with van der Waals surface area (Å²) in [6.07, 6.45) is 10.2. The number of anilines is 5. The lowest BCUT2D eigenvalue weighted by Gasteiger charge is -2.43. The number of rotatable bonds is 11. The van der Waals surface area contributed by atoms with Gasteiger partial charge in [0.25, 0.3) is 0 Å². The molecule has 4 heterocycles. The highest BCUT2D eigenvalue weighted by Crippen LogP contribution is 2.38. The van der Waals surface area contributed by atoms with Crippen molar-refractivity contribution in [3.63, 3.8) is 0 Å². The van der Waals surface area contributed by atoms with Crippen LogP contribution in [-0.4, -0.2) is 96.3 Å². The zero-order valence-electron chi connectivity index (χ0n) is 27.2. The van der Waals surface area contributed by atoms with Gasteiger partial charge in [-0.15, -0.1) is 0 Å². The maximum atomic E-state index is 5.92. The number of hydrogen-bond acceptors (Lipinski definition) is 12. The second kappa shape index (κ2) is 14.6. The summed E-state index contributed by atoms with van der Waals surface area (Å²) in [5.41, 5.74) is 6.62. The number of ether oxygens (including phenoxy) is 1. The molecule has 46 heavy (non-hydrogen) atoms. The second-order valence-corrected chi connectivity index (χ2v) is 12.7. The van der Waals surface area contributed by atoms with Gasteiger partial charge in [0.1, 0.15) is 17.1 Å². The SMILES string of the molecule is C=Cc1cnc(Nc2cc(CC)c(N3CCC(N4CCN(C)CC4)CC3)cc2OC)nc1Nc1ccc2nccnc2c1SNC. The summed E-state index contributed by atoms with van der Waals surface area (Å²) < 4.78 is 9.08. The van der Waals surface area contributed by atoms with Gasteiger partial charge in [-0.05, 0) is 69.1 Å². The van der Waals surface area contributed by atoms with Crippen molar-refractivity contribution >= 4 is 57.9 Å². The third kappa shape index (κ3) is 6.90. The monoisotopic (exact) mass is 640 g/mol. The normalized spacial score (nSPS) is 16.5. The van der Waals surface area contributed by atoms with Crippen LogP contribution in [0.5, 0.6) is 5.75 Å². The van der Waals surface area contributed by atoms with Crippen LogP contribution in [0.4, 0.5) is 28.8 Å². The van der Waals surface area contributed by atoms with Crippen LogP contribution >= 0.6 is 11.9 Å². The molecule has 2 aromatic heterocycles. The Bertz CT molecular complexity index is 1670. The molecule has 12 heteroatoms. The first kappa shape index (κ1) is 32.0. The van der Waals surface area contributed by atoms with Gasteiger partial charge in [-0.25, -0.2) is 4.98 Å². The van der Waals surface area contributed by atoms with Gasteiger partial charge >= 0.3 is 0 Å². The van der Waals surface area contributed by atoms with Crippen molar-refractivity contribution in [2.45, 2.75) is 37.1 Å². The molecule has 2 fully saturated rings. The summed E-state index contributed by atoms with van der Waals surface area (Å²) in [7, 11) is 5.82. The van der Waals surface area contributed by atoms with Crippen LogP contribution in [0.15, 0.2) is 54.3 Å². The molecule has 0 bridgehead atoms. The number of aromatic nitrogens is 4. The largest absolute Gasteiger partial charge is 0.494 e. The molecule has 11 nitrogen and oxygen atoms in total. The molecule has 0 saturated carbocycles. The molecule has 2 aromatic carbocycles. The molecular weight excluding hydrogens is 597 g/mol. The first-order chi connectivity index (χ1) is 22.5. The average Bonchev–Trinajstić information content (AvgIpc) is 3.09. The third-order valence-corrected chi connectivity index (χ3v) is 9.80. The highest BCUT2D eigenvalue weighted by Gasteiger charge is 2.28. The summed E-state index contributed by atoms with van der Waals surface area (Å²) in [5, 5.41) is 6.93. The Kier molecular flexibility index (Phi) is 10.2. The van der Waals surface area contributed by atoms with Gasteiger partial charge in [0, 0.05) is 81.2 Å². The highest BCUT2D eigenvalue weighted by molar-refractivity contribution is 7.97. The quantitative estimate of drug-likeness (QED) is 0.179. The Morgan fingerprint density at radius 1 is 1.00 bits per heavy atom. The first-order valence-corrected chi connectivity index (χ1v) is 16.8. The van der Waals surface area contributed by atoms with Gasteiger partial charge in [0.2, 0.25) is 5.95 Å². The number of hydrogen-bond donors (Lipinski definition) is 3. The summed E-state index contributed by atoms with van der Waals surface area (Å²) in [6.45, 7) is 13.0. The van der Waals surface area contributed by atoms with Crippen molar-refractivity contribution in [3.05, 3.63) is 60.6 Å². The van der Waals surface area contributed by atoms with Gasteiger partial charge in [-0.1, -0.05) is 19.6 Å². The van der Waals surface area contributed by atoms with Crippen LogP contribution in [0.2, 0.25) is 0 Å². The Balaban J connectivity index is 1.23. The molecule has 6 rings (SSSR count). The van der Waals surface area contributed by atoms with Crippen LogP contribution in [0.3, 0.4) is 0 Å². The fourth-order valence-electron chi connectivity index (χ4n) is 6.38. The minimum Gasteiger partial charge on any atom is -0.494 e. The van der Waals surface area contributed by atoms with Gasteiger partial charge in [0.15, 0.2) is 0 Å². The van der Waals surface area contributed by atoms with Crippen molar-refractivity contribution in [3.8, 4) is 5.75 Å². The van der Waals surface area contributed by atoms with Crippen molar-refractivity contribution in [1.29, 1.82) is 0 Å². The molecular formula is C34H44N10OS. The summed E-state index contributed by atoms with van der Waals surface area (Å²) in [5.74, 6) is 1.85. The number of likely N-dealkylation sites (N-methyl/N-ethyl adjacent to an activating group) is 1. The fourth-order valence-corrected chi connectivity index (χ4v) is 7.07. The second-order valence-electron chi connectivity index (χ2n) is 11.7. The van der Waals surface area contributed by atoms with Crippen molar-refractivity contribution in [1.82, 2.24) is 34.5 Å². The number of aryl methyl sites for hydroxylation is 1. The number of piperidine rings is 1. The van der Waals surface area contributed by atoms with E-state index in [4.69, 9.17) is 9.72 Å². The van der Waals surface area contributed by atoms with E-state index in [9.17, 15) is 0 Å². The fraction of sp³-hybridized carbons (Fsp3) is 0.412. The molecule has 0 spiro atoms. The van der Waals surface area contributed by atoms with Gasteiger partial charge in [-0.3, -0.25) is 19.6 Å². The van der Waals surface area contributed by atoms with E-state index >= 15 is 0 Å². The number of nitrogens with zero attached hydrogens (tertiary/aromatic N) is 7. The van der Waals surface area contributed by atoms with Crippen LogP contribution in [0.25, 0.3) is 17.1 Å². The van der Waals surface area contributed by atoms with Crippen LogP contribution in [0.1, 0.15) is 30.9 Å². The highest BCUT2D eigenvalue weighted by atomic mass is 32.2. The van der Waals surface area contributed by atoms with Gasteiger partial charge in [-0.2, -0.15) is 4.98 Å². The van der Waals surface area contributed by atoms with E-state index in [1.165, 1.54) is 62.2 Å². The molecule has 2 saturated heterocycles. The predicted octanol–water partition coefficient (Wildman–Crippen LogP) is 5.56. The van der Waals surface area contributed by atoms with Crippen LogP contribution in [0, 0.1) is 0 Å². The molecule has 2 aliphatic heterocycles. The number of methoxy groups -OCH3 is 1. The minimum absolute atomic E-state index is 0.456. The Labute approximate surface area is 276 Å². The number of benzene rings is 2. The molecule has 4 aromatic rings. The summed E-state index contributed by atoms with van der Waals surface area (Å²) >= 11 is 1.48. The van der Waals surface area contributed by atoms with E-state index in [2.05, 4.69) is 77.7 Å². The van der Waals surface area contributed by atoms with Gasteiger partial charge in [0.05, 0.1) is 28.9 Å². The number of nitrogens with one attached hydrogen (secondary N) is 3. The smallest absolute Gasteiger partial charge is 0.229 e. The molecule has 3 N–H and O–H groups in total. The van der Waals surface area contributed by atoms with E-state index in [1.807, 2.05) is 19.2 Å². The van der Waals surface area contributed by atoms with Crippen molar-refractivity contribution < 1.29 is 4.74 Å². The lowest BCUT2D eigenvalue weighted by Crippen LogP contribution is -2.52. The minimum atomic E-state index is 0.456. The van der Waals surface area contributed by atoms with E-state index in [0.29, 0.717) is 17.8 Å². The molecule has 0 amide bonds. The standard InChI is InChI=1S/C34H44N10OS/c1-6-23-20-28(30(45-5)21-29(23)44-14-10-25(11-15-44)43-18-16-42(4)17-19-43)40-34-38-22-24(7-2)33(41-34)39-27-9-8-26-31(32(27)46-35-3)37-13-12-36-26/h7-9,12-13,20-22,25,35H,2,6,10-11,14-19H2,1,3-5H3,(H2,38,39,40,41). The molecule has 0 atom stereocenters. The maximum absolute atomic E-state index is 5.92. The lowest BCUT2D eigenvalue weighted by atomic mass is 9.99.